The summed E-state index contributed by atoms with van der Waals surface area (Å²) in [4.78, 5) is 11.6. The monoisotopic (exact) mass is 250 g/mol. The molecular formula is C14H22N2O2. The van der Waals surface area contributed by atoms with E-state index in [0.29, 0.717) is 11.4 Å². The van der Waals surface area contributed by atoms with Crippen LogP contribution in [0.2, 0.25) is 0 Å². The number of aryl methyl sites for hydroxylation is 1. The van der Waals surface area contributed by atoms with Crippen LogP contribution in [0.4, 0.5) is 16.2 Å². The number of amides is 1. The Labute approximate surface area is 109 Å². The van der Waals surface area contributed by atoms with Crippen molar-refractivity contribution < 1.29 is 9.53 Å². The van der Waals surface area contributed by atoms with Crippen LogP contribution in [0.3, 0.4) is 0 Å². The third-order valence-corrected chi connectivity index (χ3v) is 2.29. The van der Waals surface area contributed by atoms with E-state index in [0.717, 1.165) is 12.8 Å². The van der Waals surface area contributed by atoms with Crippen LogP contribution >= 0.6 is 0 Å². The van der Waals surface area contributed by atoms with Crippen LogP contribution < -0.4 is 11.1 Å². The van der Waals surface area contributed by atoms with Crippen molar-refractivity contribution in [2.75, 3.05) is 11.1 Å². The molecule has 0 heterocycles. The molecule has 100 valence electrons. The van der Waals surface area contributed by atoms with E-state index in [1.165, 1.54) is 5.56 Å². The number of nitrogen functional groups attached to an aromatic ring is 1. The number of nitrogens with one attached hydrogen (secondary N) is 1. The number of rotatable bonds is 3. The molecule has 3 N–H and O–H groups in total. The van der Waals surface area contributed by atoms with Crippen molar-refractivity contribution in [2.45, 2.75) is 46.1 Å². The van der Waals surface area contributed by atoms with Gasteiger partial charge < -0.3 is 10.5 Å². The van der Waals surface area contributed by atoms with Gasteiger partial charge in [-0.2, -0.15) is 0 Å². The first kappa shape index (κ1) is 14.4. The van der Waals surface area contributed by atoms with Crippen LogP contribution in [-0.4, -0.2) is 11.7 Å². The summed E-state index contributed by atoms with van der Waals surface area (Å²) >= 11 is 0. The Morgan fingerprint density at radius 3 is 2.56 bits per heavy atom. The number of nitrogens with two attached hydrogens (primary N) is 1. The SMILES string of the molecule is CCCc1ccc(NC(=O)OC(C)(C)C)c(N)c1. The standard InChI is InChI=1S/C14H22N2O2/c1-5-6-10-7-8-12(11(15)9-10)16-13(17)18-14(2,3)4/h7-9H,5-6,15H2,1-4H3,(H,16,17). The van der Waals surface area contributed by atoms with Gasteiger partial charge in [-0.1, -0.05) is 19.4 Å². The lowest BCUT2D eigenvalue weighted by Crippen LogP contribution is -2.27. The molecule has 0 bridgehead atoms. The molecule has 1 aromatic carbocycles. The van der Waals surface area contributed by atoms with E-state index in [1.54, 1.807) is 0 Å². The first-order chi connectivity index (χ1) is 8.31. The van der Waals surface area contributed by atoms with Crippen LogP contribution in [0.15, 0.2) is 18.2 Å². The zero-order valence-electron chi connectivity index (χ0n) is 11.5. The highest BCUT2D eigenvalue weighted by atomic mass is 16.6. The highest BCUT2D eigenvalue weighted by molar-refractivity contribution is 5.89. The third-order valence-electron chi connectivity index (χ3n) is 2.29. The third kappa shape index (κ3) is 4.65. The smallest absolute Gasteiger partial charge is 0.412 e. The second kappa shape index (κ2) is 5.76. The largest absolute Gasteiger partial charge is 0.444 e. The number of anilines is 2. The summed E-state index contributed by atoms with van der Waals surface area (Å²) in [5.74, 6) is 0. The van der Waals surface area contributed by atoms with Crippen molar-refractivity contribution in [3.63, 3.8) is 0 Å². The molecule has 0 aromatic heterocycles. The van der Waals surface area contributed by atoms with E-state index < -0.39 is 11.7 Å². The second-order valence-corrected chi connectivity index (χ2v) is 5.30. The maximum absolute atomic E-state index is 11.6. The highest BCUT2D eigenvalue weighted by Gasteiger charge is 2.16. The van der Waals surface area contributed by atoms with Gasteiger partial charge in [-0.25, -0.2) is 4.79 Å². The van der Waals surface area contributed by atoms with Crippen molar-refractivity contribution in [3.8, 4) is 0 Å². The lowest BCUT2D eigenvalue weighted by Gasteiger charge is -2.20. The summed E-state index contributed by atoms with van der Waals surface area (Å²) in [5.41, 5.74) is 7.70. The summed E-state index contributed by atoms with van der Waals surface area (Å²) in [7, 11) is 0. The molecule has 0 fully saturated rings. The zero-order chi connectivity index (χ0) is 13.8. The first-order valence-corrected chi connectivity index (χ1v) is 6.20. The summed E-state index contributed by atoms with van der Waals surface area (Å²) in [5, 5.41) is 2.65. The predicted molar refractivity (Wildman–Crippen MR) is 74.7 cm³/mol. The minimum Gasteiger partial charge on any atom is -0.444 e. The average molecular weight is 250 g/mol. The van der Waals surface area contributed by atoms with Crippen LogP contribution in [0, 0.1) is 0 Å². The molecule has 1 rings (SSSR count). The summed E-state index contributed by atoms with van der Waals surface area (Å²) in [6.07, 6.45) is 1.56. The minimum atomic E-state index is -0.513. The Morgan fingerprint density at radius 2 is 2.06 bits per heavy atom. The Balaban J connectivity index is 2.71. The normalized spacial score (nSPS) is 11.1. The van der Waals surface area contributed by atoms with Crippen molar-refractivity contribution in [2.24, 2.45) is 0 Å². The number of benzene rings is 1. The molecule has 0 saturated heterocycles. The van der Waals surface area contributed by atoms with Gasteiger partial charge in [-0.05, 0) is 44.9 Å². The van der Waals surface area contributed by atoms with Gasteiger partial charge in [0.2, 0.25) is 0 Å². The van der Waals surface area contributed by atoms with Crippen molar-refractivity contribution >= 4 is 17.5 Å². The van der Waals surface area contributed by atoms with Gasteiger partial charge >= 0.3 is 6.09 Å². The van der Waals surface area contributed by atoms with E-state index in [-0.39, 0.29) is 0 Å². The van der Waals surface area contributed by atoms with Gasteiger partial charge in [0, 0.05) is 0 Å². The molecule has 18 heavy (non-hydrogen) atoms. The summed E-state index contributed by atoms with van der Waals surface area (Å²) in [6, 6.07) is 5.66. The van der Waals surface area contributed by atoms with Crippen molar-refractivity contribution in [1.29, 1.82) is 0 Å². The fourth-order valence-corrected chi connectivity index (χ4v) is 1.58. The molecule has 0 atom stereocenters. The summed E-state index contributed by atoms with van der Waals surface area (Å²) < 4.78 is 5.17. The second-order valence-electron chi connectivity index (χ2n) is 5.30. The molecule has 0 saturated carbocycles. The molecular weight excluding hydrogens is 228 g/mol. The number of hydrogen-bond acceptors (Lipinski definition) is 3. The molecule has 0 radical (unpaired) electrons. The van der Waals surface area contributed by atoms with Gasteiger partial charge in [-0.3, -0.25) is 5.32 Å². The molecule has 0 spiro atoms. The van der Waals surface area contributed by atoms with Crippen molar-refractivity contribution in [3.05, 3.63) is 23.8 Å². The Bertz CT molecular complexity index is 422. The molecule has 0 unspecified atom stereocenters. The van der Waals surface area contributed by atoms with Gasteiger partial charge in [-0.15, -0.1) is 0 Å². The maximum Gasteiger partial charge on any atom is 0.412 e. The van der Waals surface area contributed by atoms with Crippen LogP contribution in [-0.2, 0) is 11.2 Å². The van der Waals surface area contributed by atoms with Gasteiger partial charge in [0.15, 0.2) is 0 Å². The lowest BCUT2D eigenvalue weighted by molar-refractivity contribution is 0.0636. The fraction of sp³-hybridized carbons (Fsp3) is 0.500. The van der Waals surface area contributed by atoms with Gasteiger partial charge in [0.25, 0.3) is 0 Å². The molecule has 1 aromatic rings. The number of carbonyl (C=O) groups is 1. The van der Waals surface area contributed by atoms with Gasteiger partial charge in [0.05, 0.1) is 11.4 Å². The average Bonchev–Trinajstić information content (AvgIpc) is 2.20. The maximum atomic E-state index is 11.6. The molecule has 1 amide bonds. The summed E-state index contributed by atoms with van der Waals surface area (Å²) in [6.45, 7) is 7.57. The Hall–Kier alpha value is -1.71. The van der Waals surface area contributed by atoms with Crippen LogP contribution in [0.1, 0.15) is 39.7 Å². The van der Waals surface area contributed by atoms with Gasteiger partial charge in [0.1, 0.15) is 5.60 Å². The van der Waals surface area contributed by atoms with E-state index in [9.17, 15) is 4.79 Å². The minimum absolute atomic E-state index is 0.488. The Morgan fingerprint density at radius 1 is 1.39 bits per heavy atom. The number of carbonyl (C=O) groups excluding carboxylic acids is 1. The van der Waals surface area contributed by atoms with E-state index >= 15 is 0 Å². The topological polar surface area (TPSA) is 64.3 Å². The molecule has 4 heteroatoms. The first-order valence-electron chi connectivity index (χ1n) is 6.20. The molecule has 0 aliphatic heterocycles. The fourth-order valence-electron chi connectivity index (χ4n) is 1.58. The van der Waals surface area contributed by atoms with E-state index in [2.05, 4.69) is 12.2 Å². The van der Waals surface area contributed by atoms with Crippen molar-refractivity contribution in [1.82, 2.24) is 0 Å². The van der Waals surface area contributed by atoms with Crippen LogP contribution in [0.25, 0.3) is 0 Å². The van der Waals surface area contributed by atoms with Crippen LogP contribution in [0.5, 0.6) is 0 Å². The van der Waals surface area contributed by atoms with E-state index in [4.69, 9.17) is 10.5 Å². The Kier molecular flexibility index (Phi) is 4.59. The molecule has 0 aliphatic carbocycles. The lowest BCUT2D eigenvalue weighted by atomic mass is 10.1. The highest BCUT2D eigenvalue weighted by Crippen LogP contribution is 2.21. The number of hydrogen-bond donors (Lipinski definition) is 2. The number of ether oxygens (including phenoxy) is 1. The molecule has 4 nitrogen and oxygen atoms in total. The van der Waals surface area contributed by atoms with E-state index in [1.807, 2.05) is 39.0 Å². The molecule has 0 aliphatic rings. The zero-order valence-corrected chi connectivity index (χ0v) is 11.5. The quantitative estimate of drug-likeness (QED) is 0.806. The predicted octanol–water partition coefficient (Wildman–Crippen LogP) is 3.57.